The van der Waals surface area contributed by atoms with Crippen molar-refractivity contribution in [2.45, 2.75) is 18.6 Å². The van der Waals surface area contributed by atoms with Crippen LogP contribution in [0.4, 0.5) is 5.13 Å². The molecule has 15 heavy (non-hydrogen) atoms. The van der Waals surface area contributed by atoms with Crippen molar-refractivity contribution < 1.29 is 9.90 Å². The zero-order valence-electron chi connectivity index (χ0n) is 7.74. The average Bonchev–Trinajstić information content (AvgIpc) is 2.75. The van der Waals surface area contributed by atoms with Crippen molar-refractivity contribution >= 4 is 38.3 Å². The number of aliphatic hydroxyl groups is 1. The van der Waals surface area contributed by atoms with Crippen molar-refractivity contribution in [3.63, 3.8) is 0 Å². The number of anilines is 1. The molecule has 1 fully saturated rings. The molecule has 1 aliphatic heterocycles. The normalized spacial score (nSPS) is 25.5. The minimum Gasteiger partial charge on any atom is -0.392 e. The van der Waals surface area contributed by atoms with E-state index in [2.05, 4.69) is 31.5 Å². The molecule has 5 nitrogen and oxygen atoms in total. The molecule has 1 aromatic heterocycles. The molecule has 2 atom stereocenters. The Morgan fingerprint density at radius 2 is 2.60 bits per heavy atom. The lowest BCUT2D eigenvalue weighted by molar-refractivity contribution is -0.117. The number of aromatic nitrogens is 1. The largest absolute Gasteiger partial charge is 0.392 e. The zero-order chi connectivity index (χ0) is 10.8. The fourth-order valence-corrected chi connectivity index (χ4v) is 2.53. The minimum atomic E-state index is -0.427. The van der Waals surface area contributed by atoms with Gasteiger partial charge in [0.25, 0.3) is 0 Å². The number of carbonyl (C=O) groups is 1. The number of amides is 1. The van der Waals surface area contributed by atoms with Gasteiger partial charge in [0.15, 0.2) is 5.13 Å². The van der Waals surface area contributed by atoms with Crippen LogP contribution in [0.2, 0.25) is 0 Å². The van der Waals surface area contributed by atoms with E-state index in [-0.39, 0.29) is 11.9 Å². The first-order valence-corrected chi connectivity index (χ1v) is 6.10. The molecule has 2 unspecified atom stereocenters. The van der Waals surface area contributed by atoms with Crippen LogP contribution >= 0.6 is 27.3 Å². The maximum atomic E-state index is 11.6. The first-order valence-electron chi connectivity index (χ1n) is 4.49. The van der Waals surface area contributed by atoms with Crippen molar-refractivity contribution in [3.05, 3.63) is 9.98 Å². The summed E-state index contributed by atoms with van der Waals surface area (Å²) in [6.45, 7) is 0.472. The molecule has 1 saturated heterocycles. The van der Waals surface area contributed by atoms with Gasteiger partial charge in [0.1, 0.15) is 0 Å². The molecule has 0 saturated carbocycles. The number of rotatable bonds is 2. The van der Waals surface area contributed by atoms with E-state index in [4.69, 9.17) is 0 Å². The predicted octanol–water partition coefficient (Wildman–Crippen LogP) is 0.567. The molecular weight excluding hydrogens is 282 g/mol. The first kappa shape index (κ1) is 11.0. The van der Waals surface area contributed by atoms with Gasteiger partial charge < -0.3 is 15.7 Å². The monoisotopic (exact) mass is 291 g/mol. The van der Waals surface area contributed by atoms with Crippen LogP contribution in [0.5, 0.6) is 0 Å². The Bertz CT molecular complexity index is 371. The van der Waals surface area contributed by atoms with Gasteiger partial charge in [-0.15, -0.1) is 0 Å². The lowest BCUT2D eigenvalue weighted by Crippen LogP contribution is -2.35. The number of aliphatic hydroxyl groups excluding tert-OH is 1. The van der Waals surface area contributed by atoms with Crippen molar-refractivity contribution in [3.8, 4) is 0 Å². The standard InChI is InChI=1S/C8H10BrN3O2S/c9-6-3-11-8(15-6)12-7(14)5-1-4(13)2-10-5/h3-5,10,13H,1-2H2,(H,11,12,14). The highest BCUT2D eigenvalue weighted by Gasteiger charge is 2.28. The summed E-state index contributed by atoms with van der Waals surface area (Å²) >= 11 is 4.62. The van der Waals surface area contributed by atoms with E-state index in [1.807, 2.05) is 0 Å². The average molecular weight is 292 g/mol. The molecule has 0 radical (unpaired) electrons. The van der Waals surface area contributed by atoms with Gasteiger partial charge in [-0.2, -0.15) is 0 Å². The zero-order valence-corrected chi connectivity index (χ0v) is 10.1. The Morgan fingerprint density at radius 1 is 1.80 bits per heavy atom. The van der Waals surface area contributed by atoms with Gasteiger partial charge in [-0.1, -0.05) is 11.3 Å². The minimum absolute atomic E-state index is 0.145. The number of halogens is 1. The molecule has 7 heteroatoms. The molecule has 0 bridgehead atoms. The molecule has 2 heterocycles. The van der Waals surface area contributed by atoms with E-state index in [9.17, 15) is 9.90 Å². The van der Waals surface area contributed by atoms with E-state index < -0.39 is 6.10 Å². The summed E-state index contributed by atoms with van der Waals surface area (Å²) in [6.07, 6.45) is 1.67. The van der Waals surface area contributed by atoms with Crippen molar-refractivity contribution in [1.82, 2.24) is 10.3 Å². The Hall–Kier alpha value is -0.500. The van der Waals surface area contributed by atoms with Gasteiger partial charge in [0, 0.05) is 6.54 Å². The maximum absolute atomic E-state index is 11.6. The molecule has 0 spiro atoms. The SMILES string of the molecule is O=C(Nc1ncc(Br)s1)C1CC(O)CN1. The number of β-amino-alcohol motifs (C(OH)–C–C–N with tert-alkyl or cyclic N) is 1. The summed E-state index contributed by atoms with van der Waals surface area (Å²) in [4.78, 5) is 15.6. The second kappa shape index (κ2) is 4.56. The Labute approximate surface area is 99.0 Å². The molecular formula is C8H10BrN3O2S. The fraction of sp³-hybridized carbons (Fsp3) is 0.500. The Kier molecular flexibility index (Phi) is 3.35. The molecule has 82 valence electrons. The first-order chi connectivity index (χ1) is 7.15. The van der Waals surface area contributed by atoms with E-state index >= 15 is 0 Å². The van der Waals surface area contributed by atoms with Crippen LogP contribution in [0.15, 0.2) is 9.98 Å². The highest BCUT2D eigenvalue weighted by atomic mass is 79.9. The summed E-state index contributed by atoms with van der Waals surface area (Å²) in [5.41, 5.74) is 0. The van der Waals surface area contributed by atoms with Crippen LogP contribution in [0.3, 0.4) is 0 Å². The molecule has 2 rings (SSSR count). The van der Waals surface area contributed by atoms with Crippen LogP contribution in [-0.4, -0.2) is 34.7 Å². The lowest BCUT2D eigenvalue weighted by atomic mass is 10.2. The molecule has 1 amide bonds. The van der Waals surface area contributed by atoms with Gasteiger partial charge in [0.2, 0.25) is 5.91 Å². The number of nitrogens with zero attached hydrogens (tertiary/aromatic N) is 1. The number of carbonyl (C=O) groups excluding carboxylic acids is 1. The fourth-order valence-electron chi connectivity index (χ4n) is 1.42. The third-order valence-corrected chi connectivity index (χ3v) is 3.52. The van der Waals surface area contributed by atoms with Gasteiger partial charge in [-0.3, -0.25) is 4.79 Å². The summed E-state index contributed by atoms with van der Waals surface area (Å²) in [7, 11) is 0. The molecule has 3 N–H and O–H groups in total. The van der Waals surface area contributed by atoms with E-state index in [0.717, 1.165) is 3.79 Å². The maximum Gasteiger partial charge on any atom is 0.243 e. The Balaban J connectivity index is 1.92. The van der Waals surface area contributed by atoms with Gasteiger partial charge in [-0.25, -0.2) is 4.98 Å². The van der Waals surface area contributed by atoms with Crippen molar-refractivity contribution in [2.24, 2.45) is 0 Å². The summed E-state index contributed by atoms with van der Waals surface area (Å²) in [6, 6.07) is -0.317. The number of hydrogen-bond acceptors (Lipinski definition) is 5. The summed E-state index contributed by atoms with van der Waals surface area (Å²) < 4.78 is 0.872. The van der Waals surface area contributed by atoms with E-state index in [0.29, 0.717) is 18.1 Å². The number of nitrogens with one attached hydrogen (secondary N) is 2. The quantitative estimate of drug-likeness (QED) is 0.745. The third kappa shape index (κ3) is 2.75. The third-order valence-electron chi connectivity index (χ3n) is 2.13. The van der Waals surface area contributed by atoms with Gasteiger partial charge >= 0.3 is 0 Å². The molecule has 0 aliphatic carbocycles. The molecule has 1 aliphatic rings. The van der Waals surface area contributed by atoms with Crippen molar-refractivity contribution in [2.75, 3.05) is 11.9 Å². The predicted molar refractivity (Wildman–Crippen MR) is 60.9 cm³/mol. The van der Waals surface area contributed by atoms with Crippen LogP contribution in [0.1, 0.15) is 6.42 Å². The topological polar surface area (TPSA) is 74.2 Å². The van der Waals surface area contributed by atoms with Crippen LogP contribution < -0.4 is 10.6 Å². The van der Waals surface area contributed by atoms with Gasteiger partial charge in [0.05, 0.1) is 22.1 Å². The van der Waals surface area contributed by atoms with E-state index in [1.165, 1.54) is 11.3 Å². The van der Waals surface area contributed by atoms with Crippen LogP contribution in [-0.2, 0) is 4.79 Å². The molecule has 1 aromatic rings. The highest BCUT2D eigenvalue weighted by Crippen LogP contribution is 2.23. The van der Waals surface area contributed by atoms with Crippen molar-refractivity contribution in [1.29, 1.82) is 0 Å². The van der Waals surface area contributed by atoms with E-state index in [1.54, 1.807) is 6.20 Å². The second-order valence-corrected chi connectivity index (χ2v) is 5.72. The Morgan fingerprint density at radius 3 is 3.13 bits per heavy atom. The number of thiazole rings is 1. The molecule has 0 aromatic carbocycles. The summed E-state index contributed by atoms with van der Waals surface area (Å²) in [5, 5.41) is 15.4. The highest BCUT2D eigenvalue weighted by molar-refractivity contribution is 9.11. The van der Waals surface area contributed by atoms with Crippen LogP contribution in [0.25, 0.3) is 0 Å². The smallest absolute Gasteiger partial charge is 0.243 e. The van der Waals surface area contributed by atoms with Crippen LogP contribution in [0, 0.1) is 0 Å². The lowest BCUT2D eigenvalue weighted by Gasteiger charge is -2.08. The number of hydrogen-bond donors (Lipinski definition) is 3. The second-order valence-electron chi connectivity index (χ2n) is 3.31. The van der Waals surface area contributed by atoms with Gasteiger partial charge in [-0.05, 0) is 22.4 Å². The summed E-state index contributed by atoms with van der Waals surface area (Å²) in [5.74, 6) is -0.145.